The Kier molecular flexibility index (Phi) is 8.40. The number of carbonyl (C=O) groups excluding carboxylic acids is 1. The third-order valence-corrected chi connectivity index (χ3v) is 6.62. The van der Waals surface area contributed by atoms with Crippen molar-refractivity contribution in [1.82, 2.24) is 10.2 Å². The van der Waals surface area contributed by atoms with Crippen molar-refractivity contribution in [3.8, 4) is 0 Å². The van der Waals surface area contributed by atoms with E-state index in [0.717, 1.165) is 89.6 Å². The van der Waals surface area contributed by atoms with Crippen molar-refractivity contribution in [3.63, 3.8) is 0 Å². The van der Waals surface area contributed by atoms with Gasteiger partial charge in [0.25, 0.3) is 0 Å². The second kappa shape index (κ2) is 11.7. The highest BCUT2D eigenvalue weighted by Crippen LogP contribution is 2.28. The molecule has 32 heavy (non-hydrogen) atoms. The second-order valence-corrected chi connectivity index (χ2v) is 8.92. The van der Waals surface area contributed by atoms with Crippen molar-refractivity contribution in [1.29, 1.82) is 0 Å². The summed E-state index contributed by atoms with van der Waals surface area (Å²) in [7, 11) is 0. The first kappa shape index (κ1) is 23.1. The number of ether oxygens (including phenoxy) is 2. The van der Waals surface area contributed by atoms with E-state index in [-0.39, 0.29) is 5.91 Å². The van der Waals surface area contributed by atoms with Crippen LogP contribution in [-0.4, -0.2) is 74.9 Å². The first-order valence-corrected chi connectivity index (χ1v) is 12.4. The van der Waals surface area contributed by atoms with E-state index in [1.165, 1.54) is 5.56 Å². The Hall–Kier alpha value is -2.12. The van der Waals surface area contributed by atoms with Crippen LogP contribution in [0.2, 0.25) is 0 Å². The van der Waals surface area contributed by atoms with E-state index < -0.39 is 0 Å². The number of para-hydroxylation sites is 1. The van der Waals surface area contributed by atoms with E-state index in [2.05, 4.69) is 29.3 Å². The van der Waals surface area contributed by atoms with Crippen LogP contribution in [0.1, 0.15) is 51.0 Å². The first-order chi connectivity index (χ1) is 15.7. The van der Waals surface area contributed by atoms with E-state index in [1.807, 2.05) is 17.0 Å². The Morgan fingerprint density at radius 2 is 2.06 bits per heavy atom. The molecule has 3 heterocycles. The third-order valence-electron chi connectivity index (χ3n) is 6.62. The molecule has 0 spiro atoms. The molecule has 176 valence electrons. The predicted molar refractivity (Wildman–Crippen MR) is 127 cm³/mol. The molecule has 2 saturated heterocycles. The van der Waals surface area contributed by atoms with Crippen LogP contribution in [0.4, 0.5) is 5.69 Å². The Morgan fingerprint density at radius 1 is 1.22 bits per heavy atom. The number of anilines is 1. The van der Waals surface area contributed by atoms with Crippen molar-refractivity contribution in [2.24, 2.45) is 4.99 Å². The third kappa shape index (κ3) is 6.01. The van der Waals surface area contributed by atoms with Gasteiger partial charge in [-0.1, -0.05) is 18.2 Å². The average Bonchev–Trinajstić information content (AvgIpc) is 3.50. The molecule has 0 bridgehead atoms. The highest BCUT2D eigenvalue weighted by Gasteiger charge is 2.25. The number of likely N-dealkylation sites (tertiary alicyclic amines) is 1. The van der Waals surface area contributed by atoms with Crippen molar-refractivity contribution in [2.45, 2.75) is 64.1 Å². The normalized spacial score (nSPS) is 21.8. The smallest absolute Gasteiger partial charge is 0.227 e. The van der Waals surface area contributed by atoms with Crippen LogP contribution in [0.3, 0.4) is 0 Å². The maximum Gasteiger partial charge on any atom is 0.227 e. The maximum absolute atomic E-state index is 12.7. The number of hydrogen-bond acceptors (Lipinski definition) is 4. The van der Waals surface area contributed by atoms with Gasteiger partial charge in [0.2, 0.25) is 5.91 Å². The number of piperidine rings is 1. The lowest BCUT2D eigenvalue weighted by Crippen LogP contribution is -2.47. The first-order valence-electron chi connectivity index (χ1n) is 12.4. The van der Waals surface area contributed by atoms with Gasteiger partial charge in [-0.25, -0.2) is 0 Å². The fraction of sp³-hybridized carbons (Fsp3) is 0.680. The summed E-state index contributed by atoms with van der Waals surface area (Å²) >= 11 is 0. The number of amides is 1. The molecule has 1 aromatic carbocycles. The number of carbonyl (C=O) groups is 1. The van der Waals surface area contributed by atoms with Gasteiger partial charge in [-0.2, -0.15) is 0 Å². The Labute approximate surface area is 192 Å². The monoisotopic (exact) mass is 442 g/mol. The van der Waals surface area contributed by atoms with Gasteiger partial charge >= 0.3 is 0 Å². The molecule has 3 aliphatic rings. The Morgan fingerprint density at radius 3 is 2.84 bits per heavy atom. The molecule has 0 radical (unpaired) electrons. The molecule has 1 aromatic rings. The average molecular weight is 443 g/mol. The molecular weight excluding hydrogens is 404 g/mol. The fourth-order valence-corrected chi connectivity index (χ4v) is 4.83. The van der Waals surface area contributed by atoms with Crippen LogP contribution < -0.4 is 10.2 Å². The summed E-state index contributed by atoms with van der Waals surface area (Å²) in [5.41, 5.74) is 2.36. The lowest BCUT2D eigenvalue weighted by Gasteiger charge is -2.34. The number of nitrogens with one attached hydrogen (secondary N) is 1. The highest BCUT2D eigenvalue weighted by atomic mass is 16.5. The molecule has 1 N–H and O–H groups in total. The number of rotatable bonds is 8. The van der Waals surface area contributed by atoms with E-state index >= 15 is 0 Å². The molecule has 1 unspecified atom stereocenters. The van der Waals surface area contributed by atoms with Gasteiger partial charge in [-0.05, 0) is 57.1 Å². The topological polar surface area (TPSA) is 66.4 Å². The van der Waals surface area contributed by atoms with Crippen LogP contribution in [-0.2, 0) is 20.7 Å². The van der Waals surface area contributed by atoms with Gasteiger partial charge < -0.3 is 24.6 Å². The molecule has 0 aliphatic carbocycles. The summed E-state index contributed by atoms with van der Waals surface area (Å²) in [6, 6.07) is 8.22. The number of fused-ring (bicyclic) bond motifs is 1. The number of benzene rings is 1. The van der Waals surface area contributed by atoms with Crippen molar-refractivity contribution >= 4 is 17.6 Å². The minimum Gasteiger partial charge on any atom is -0.376 e. The summed E-state index contributed by atoms with van der Waals surface area (Å²) in [5.74, 6) is 1.17. The molecule has 7 nitrogen and oxygen atoms in total. The van der Waals surface area contributed by atoms with Crippen molar-refractivity contribution in [3.05, 3.63) is 29.8 Å². The number of hydrogen-bond donors (Lipinski definition) is 1. The zero-order valence-corrected chi connectivity index (χ0v) is 19.4. The number of aliphatic imine (C=N–C) groups is 1. The van der Waals surface area contributed by atoms with E-state index in [0.29, 0.717) is 25.2 Å². The SMILES string of the molecule is CCNC(=NCCCC(=O)N1CCc2ccccc21)N1CCC(OCC2CCCO2)CC1. The minimum atomic E-state index is 0.208. The van der Waals surface area contributed by atoms with Gasteiger partial charge in [0.05, 0.1) is 18.8 Å². The zero-order valence-electron chi connectivity index (χ0n) is 19.4. The van der Waals surface area contributed by atoms with E-state index in [9.17, 15) is 4.79 Å². The lowest BCUT2D eigenvalue weighted by molar-refractivity contribution is -0.118. The number of guanidine groups is 1. The molecular formula is C25H38N4O3. The summed E-state index contributed by atoms with van der Waals surface area (Å²) in [5, 5.41) is 3.42. The lowest BCUT2D eigenvalue weighted by atomic mass is 10.1. The number of nitrogens with zero attached hydrogens (tertiary/aromatic N) is 3. The van der Waals surface area contributed by atoms with E-state index in [4.69, 9.17) is 14.5 Å². The van der Waals surface area contributed by atoms with Crippen LogP contribution in [0, 0.1) is 0 Å². The molecule has 1 amide bonds. The van der Waals surface area contributed by atoms with E-state index in [1.54, 1.807) is 0 Å². The quantitative estimate of drug-likeness (QED) is 0.381. The van der Waals surface area contributed by atoms with Gasteiger partial charge in [-0.3, -0.25) is 9.79 Å². The maximum atomic E-state index is 12.7. The summed E-state index contributed by atoms with van der Waals surface area (Å²) in [6.07, 6.45) is 7.20. The van der Waals surface area contributed by atoms with Crippen LogP contribution >= 0.6 is 0 Å². The molecule has 3 aliphatic heterocycles. The standard InChI is InChI=1S/C25H38N4O3/c1-2-26-25(28-15-12-21(13-16-28)32-19-22-8-6-18-31-22)27-14-5-10-24(30)29-17-11-20-7-3-4-9-23(20)29/h3-4,7,9,21-22H,2,5-6,8,10-19H2,1H3,(H,26,27). The van der Waals surface area contributed by atoms with Gasteiger partial charge in [0, 0.05) is 51.4 Å². The van der Waals surface area contributed by atoms with Crippen LogP contribution in [0.5, 0.6) is 0 Å². The van der Waals surface area contributed by atoms with Gasteiger partial charge in [-0.15, -0.1) is 0 Å². The summed E-state index contributed by atoms with van der Waals surface area (Å²) < 4.78 is 11.8. The molecule has 4 rings (SSSR count). The summed E-state index contributed by atoms with van der Waals surface area (Å²) in [4.78, 5) is 21.8. The van der Waals surface area contributed by atoms with Crippen LogP contribution in [0.25, 0.3) is 0 Å². The Balaban J connectivity index is 1.19. The molecule has 1 atom stereocenters. The predicted octanol–water partition coefficient (Wildman–Crippen LogP) is 2.98. The Bertz CT molecular complexity index is 770. The summed E-state index contributed by atoms with van der Waals surface area (Å²) in [6.45, 7) is 7.92. The molecule has 0 saturated carbocycles. The second-order valence-electron chi connectivity index (χ2n) is 8.92. The van der Waals surface area contributed by atoms with Crippen molar-refractivity contribution in [2.75, 3.05) is 50.8 Å². The highest BCUT2D eigenvalue weighted by molar-refractivity contribution is 5.95. The molecule has 0 aromatic heterocycles. The zero-order chi connectivity index (χ0) is 22.2. The van der Waals surface area contributed by atoms with Crippen LogP contribution in [0.15, 0.2) is 29.3 Å². The van der Waals surface area contributed by atoms with Crippen molar-refractivity contribution < 1.29 is 14.3 Å². The minimum absolute atomic E-state index is 0.208. The molecule has 7 heteroatoms. The van der Waals surface area contributed by atoms with Gasteiger partial charge in [0.15, 0.2) is 5.96 Å². The fourth-order valence-electron chi connectivity index (χ4n) is 4.83. The van der Waals surface area contributed by atoms with Gasteiger partial charge in [0.1, 0.15) is 0 Å². The molecule has 2 fully saturated rings. The largest absolute Gasteiger partial charge is 0.376 e.